The summed E-state index contributed by atoms with van der Waals surface area (Å²) in [4.78, 5) is 11.4. The lowest BCUT2D eigenvalue weighted by atomic mass is 10.2. The van der Waals surface area contributed by atoms with Gasteiger partial charge in [-0.3, -0.25) is 0 Å². The van der Waals surface area contributed by atoms with Gasteiger partial charge >= 0.3 is 0 Å². The molecule has 0 bridgehead atoms. The average molecular weight is 369 g/mol. The van der Waals surface area contributed by atoms with E-state index in [0.717, 1.165) is 69.5 Å². The standard InChI is InChI=1S/C20H27N5O2/c1-15-13-19(21-14-18-3-2-10-27-18)24-20(22-15)23-16-4-6-17(7-5-16)25-8-11-26-12-9-25/h4-7,13,18H,2-3,8-12,14H2,1H3,(H2,21,22,23,24). The second-order valence-electron chi connectivity index (χ2n) is 7.01. The van der Waals surface area contributed by atoms with Crippen LogP contribution < -0.4 is 15.5 Å². The quantitative estimate of drug-likeness (QED) is 0.811. The zero-order valence-electron chi connectivity index (χ0n) is 15.8. The minimum atomic E-state index is 0.282. The molecule has 2 fully saturated rings. The molecular weight excluding hydrogens is 342 g/mol. The van der Waals surface area contributed by atoms with Gasteiger partial charge in [-0.2, -0.15) is 4.98 Å². The summed E-state index contributed by atoms with van der Waals surface area (Å²) in [5.41, 5.74) is 3.11. The molecule has 7 heteroatoms. The van der Waals surface area contributed by atoms with Crippen molar-refractivity contribution in [1.82, 2.24) is 9.97 Å². The van der Waals surface area contributed by atoms with E-state index in [1.54, 1.807) is 0 Å². The van der Waals surface area contributed by atoms with E-state index in [4.69, 9.17) is 9.47 Å². The number of morpholine rings is 1. The summed E-state index contributed by atoms with van der Waals surface area (Å²) in [6.07, 6.45) is 2.53. The number of aryl methyl sites for hydroxylation is 1. The van der Waals surface area contributed by atoms with E-state index in [2.05, 4.69) is 49.8 Å². The smallest absolute Gasteiger partial charge is 0.229 e. The van der Waals surface area contributed by atoms with Gasteiger partial charge in [0.1, 0.15) is 5.82 Å². The number of rotatable bonds is 6. The maximum absolute atomic E-state index is 5.66. The SMILES string of the molecule is Cc1cc(NCC2CCCO2)nc(Nc2ccc(N3CCOCC3)cc2)n1. The third kappa shape index (κ3) is 4.87. The molecule has 0 radical (unpaired) electrons. The molecule has 0 spiro atoms. The molecule has 2 aromatic rings. The van der Waals surface area contributed by atoms with Gasteiger partial charge in [-0.05, 0) is 44.0 Å². The second-order valence-corrected chi connectivity index (χ2v) is 7.01. The van der Waals surface area contributed by atoms with Crippen LogP contribution in [0, 0.1) is 6.92 Å². The minimum absolute atomic E-state index is 0.282. The fourth-order valence-corrected chi connectivity index (χ4v) is 3.44. The van der Waals surface area contributed by atoms with Gasteiger partial charge < -0.3 is 25.0 Å². The van der Waals surface area contributed by atoms with Crippen LogP contribution in [-0.2, 0) is 9.47 Å². The summed E-state index contributed by atoms with van der Waals surface area (Å²) in [7, 11) is 0. The number of nitrogens with zero attached hydrogens (tertiary/aromatic N) is 3. The Morgan fingerprint density at radius 1 is 1.11 bits per heavy atom. The number of anilines is 4. The van der Waals surface area contributed by atoms with E-state index < -0.39 is 0 Å². The molecule has 144 valence electrons. The molecular formula is C20H27N5O2. The Balaban J connectivity index is 1.39. The highest BCUT2D eigenvalue weighted by atomic mass is 16.5. The molecule has 0 saturated carbocycles. The maximum Gasteiger partial charge on any atom is 0.229 e. The van der Waals surface area contributed by atoms with E-state index in [9.17, 15) is 0 Å². The highest BCUT2D eigenvalue weighted by Crippen LogP contribution is 2.22. The number of benzene rings is 1. The minimum Gasteiger partial charge on any atom is -0.378 e. The van der Waals surface area contributed by atoms with Crippen molar-refractivity contribution in [3.8, 4) is 0 Å². The Kier molecular flexibility index (Phi) is 5.69. The number of hydrogen-bond donors (Lipinski definition) is 2. The topological polar surface area (TPSA) is 71.5 Å². The molecule has 2 aliphatic rings. The molecule has 1 aromatic heterocycles. The summed E-state index contributed by atoms with van der Waals surface area (Å²) in [5.74, 6) is 1.43. The van der Waals surface area contributed by atoms with Crippen molar-refractivity contribution in [3.05, 3.63) is 36.0 Å². The van der Waals surface area contributed by atoms with Crippen molar-refractivity contribution in [3.63, 3.8) is 0 Å². The van der Waals surface area contributed by atoms with Gasteiger partial charge in [-0.1, -0.05) is 0 Å². The average Bonchev–Trinajstić information content (AvgIpc) is 3.21. The third-order valence-electron chi connectivity index (χ3n) is 4.89. The number of hydrogen-bond acceptors (Lipinski definition) is 7. The first-order chi connectivity index (χ1) is 13.3. The lowest BCUT2D eigenvalue weighted by Crippen LogP contribution is -2.36. The van der Waals surface area contributed by atoms with E-state index in [1.807, 2.05) is 13.0 Å². The van der Waals surface area contributed by atoms with Gasteiger partial charge in [-0.15, -0.1) is 0 Å². The normalized spacial score (nSPS) is 19.9. The maximum atomic E-state index is 5.66. The summed E-state index contributed by atoms with van der Waals surface area (Å²) in [6.45, 7) is 7.08. The molecule has 27 heavy (non-hydrogen) atoms. The zero-order valence-corrected chi connectivity index (χ0v) is 15.8. The predicted molar refractivity (Wildman–Crippen MR) is 107 cm³/mol. The van der Waals surface area contributed by atoms with Crippen LogP contribution in [0.3, 0.4) is 0 Å². The van der Waals surface area contributed by atoms with E-state index in [0.29, 0.717) is 5.95 Å². The Bertz CT molecular complexity index is 741. The molecule has 7 nitrogen and oxygen atoms in total. The molecule has 0 amide bonds. The molecule has 4 rings (SSSR count). The summed E-state index contributed by atoms with van der Waals surface area (Å²) in [6, 6.07) is 10.3. The fourth-order valence-electron chi connectivity index (χ4n) is 3.44. The van der Waals surface area contributed by atoms with Gasteiger partial charge in [0.2, 0.25) is 5.95 Å². The van der Waals surface area contributed by atoms with Crippen LogP contribution in [0.5, 0.6) is 0 Å². The first kappa shape index (κ1) is 18.0. The molecule has 0 aliphatic carbocycles. The van der Waals surface area contributed by atoms with Crippen molar-refractivity contribution in [2.75, 3.05) is 55.0 Å². The molecule has 2 saturated heterocycles. The van der Waals surface area contributed by atoms with Crippen LogP contribution in [-0.4, -0.2) is 55.5 Å². The number of nitrogens with one attached hydrogen (secondary N) is 2. The predicted octanol–water partition coefficient (Wildman–Crippen LogP) is 2.96. The molecule has 3 heterocycles. The molecule has 2 N–H and O–H groups in total. The van der Waals surface area contributed by atoms with E-state index >= 15 is 0 Å². The summed E-state index contributed by atoms with van der Waals surface area (Å²) < 4.78 is 11.1. The summed E-state index contributed by atoms with van der Waals surface area (Å²) in [5, 5.41) is 6.68. The van der Waals surface area contributed by atoms with Gasteiger partial charge in [0, 0.05) is 49.4 Å². The Labute approximate surface area is 160 Å². The van der Waals surface area contributed by atoms with Gasteiger partial charge in [0.25, 0.3) is 0 Å². The van der Waals surface area contributed by atoms with Crippen LogP contribution in [0.1, 0.15) is 18.5 Å². The van der Waals surface area contributed by atoms with Crippen LogP contribution in [0.2, 0.25) is 0 Å². The van der Waals surface area contributed by atoms with Crippen molar-refractivity contribution in [1.29, 1.82) is 0 Å². The van der Waals surface area contributed by atoms with Crippen molar-refractivity contribution in [2.45, 2.75) is 25.9 Å². The fraction of sp³-hybridized carbons (Fsp3) is 0.500. The molecule has 2 aliphatic heterocycles. The van der Waals surface area contributed by atoms with Crippen molar-refractivity contribution >= 4 is 23.1 Å². The molecule has 1 unspecified atom stereocenters. The zero-order chi connectivity index (χ0) is 18.5. The monoisotopic (exact) mass is 369 g/mol. The number of ether oxygens (including phenoxy) is 2. The van der Waals surface area contributed by atoms with Crippen LogP contribution in [0.15, 0.2) is 30.3 Å². The van der Waals surface area contributed by atoms with Gasteiger partial charge in [0.15, 0.2) is 0 Å². The number of aromatic nitrogens is 2. The Morgan fingerprint density at radius 3 is 2.67 bits per heavy atom. The summed E-state index contributed by atoms with van der Waals surface area (Å²) >= 11 is 0. The lowest BCUT2D eigenvalue weighted by Gasteiger charge is -2.28. The van der Waals surface area contributed by atoms with Crippen LogP contribution in [0.4, 0.5) is 23.1 Å². The van der Waals surface area contributed by atoms with E-state index in [1.165, 1.54) is 5.69 Å². The lowest BCUT2D eigenvalue weighted by molar-refractivity contribution is 0.120. The third-order valence-corrected chi connectivity index (χ3v) is 4.89. The first-order valence-electron chi connectivity index (χ1n) is 9.67. The largest absolute Gasteiger partial charge is 0.378 e. The van der Waals surface area contributed by atoms with Crippen LogP contribution >= 0.6 is 0 Å². The van der Waals surface area contributed by atoms with Gasteiger partial charge in [-0.25, -0.2) is 4.98 Å². The highest BCUT2D eigenvalue weighted by molar-refractivity contribution is 5.60. The van der Waals surface area contributed by atoms with E-state index in [-0.39, 0.29) is 6.10 Å². The second kappa shape index (κ2) is 8.54. The Morgan fingerprint density at radius 2 is 1.93 bits per heavy atom. The van der Waals surface area contributed by atoms with Crippen molar-refractivity contribution in [2.24, 2.45) is 0 Å². The highest BCUT2D eigenvalue weighted by Gasteiger charge is 2.15. The van der Waals surface area contributed by atoms with Crippen molar-refractivity contribution < 1.29 is 9.47 Å². The van der Waals surface area contributed by atoms with Gasteiger partial charge in [0.05, 0.1) is 19.3 Å². The molecule has 1 aromatic carbocycles. The Hall–Kier alpha value is -2.38. The van der Waals surface area contributed by atoms with Crippen LogP contribution in [0.25, 0.3) is 0 Å². The first-order valence-corrected chi connectivity index (χ1v) is 9.67. The molecule has 1 atom stereocenters.